The maximum Gasteiger partial charge on any atom is 0.0955 e. The number of nitrogens with two attached hydrogens (primary N) is 1. The van der Waals surface area contributed by atoms with Gasteiger partial charge in [0.05, 0.1) is 21.3 Å². The molecule has 1 saturated heterocycles. The number of para-hydroxylation sites is 1. The van der Waals surface area contributed by atoms with Crippen LogP contribution in [0.2, 0.25) is 0 Å². The summed E-state index contributed by atoms with van der Waals surface area (Å²) < 4.78 is 6.98. The second kappa shape index (κ2) is 5.34. The molecule has 3 rings (SSSR count). The quantitative estimate of drug-likeness (QED) is 0.925. The molecule has 18 heavy (non-hydrogen) atoms. The predicted octanol–water partition coefficient (Wildman–Crippen LogP) is 2.74. The lowest BCUT2D eigenvalue weighted by Gasteiger charge is -2.27. The van der Waals surface area contributed by atoms with Gasteiger partial charge in [0.25, 0.3) is 0 Å². The molecule has 2 unspecified atom stereocenters. The maximum atomic E-state index is 6.24. The fraction of sp³-hybridized carbons (Fsp3) is 0.500. The van der Waals surface area contributed by atoms with Crippen LogP contribution < -0.4 is 5.73 Å². The molecule has 2 aromatic rings. The number of ether oxygens (including phenoxy) is 1. The Hall–Kier alpha value is -0.970. The van der Waals surface area contributed by atoms with Crippen molar-refractivity contribution in [3.63, 3.8) is 0 Å². The summed E-state index contributed by atoms with van der Waals surface area (Å²) in [4.78, 5) is 4.63. The average Bonchev–Trinajstić information content (AvgIpc) is 2.82. The number of thiazole rings is 1. The monoisotopic (exact) mass is 262 g/mol. The second-order valence-corrected chi connectivity index (χ2v) is 5.96. The molecule has 0 spiro atoms. The van der Waals surface area contributed by atoms with E-state index in [0.717, 1.165) is 30.0 Å². The molecule has 96 valence electrons. The third-order valence-electron chi connectivity index (χ3n) is 3.44. The van der Waals surface area contributed by atoms with Gasteiger partial charge in [-0.15, -0.1) is 11.3 Å². The highest BCUT2D eigenvalue weighted by atomic mass is 32.1. The van der Waals surface area contributed by atoms with Crippen molar-refractivity contribution in [3.8, 4) is 0 Å². The van der Waals surface area contributed by atoms with E-state index in [9.17, 15) is 0 Å². The van der Waals surface area contributed by atoms with E-state index in [2.05, 4.69) is 23.2 Å². The summed E-state index contributed by atoms with van der Waals surface area (Å²) >= 11 is 1.74. The highest BCUT2D eigenvalue weighted by Gasteiger charge is 2.22. The molecule has 1 aromatic heterocycles. The SMILES string of the molecule is NC(Cc1nc2ccccc2s1)C1CCCCO1. The number of benzene rings is 1. The topological polar surface area (TPSA) is 48.1 Å². The zero-order valence-corrected chi connectivity index (χ0v) is 11.2. The van der Waals surface area contributed by atoms with Crippen LogP contribution in [-0.2, 0) is 11.2 Å². The van der Waals surface area contributed by atoms with Gasteiger partial charge in [0.15, 0.2) is 0 Å². The summed E-state index contributed by atoms with van der Waals surface area (Å²) in [7, 11) is 0. The Bertz CT molecular complexity index is 486. The lowest BCUT2D eigenvalue weighted by Crippen LogP contribution is -2.40. The van der Waals surface area contributed by atoms with Crippen molar-refractivity contribution < 1.29 is 4.74 Å². The number of nitrogens with zero attached hydrogens (tertiary/aromatic N) is 1. The zero-order chi connectivity index (χ0) is 12.4. The first-order valence-corrected chi connectivity index (χ1v) is 7.36. The van der Waals surface area contributed by atoms with Crippen molar-refractivity contribution >= 4 is 21.6 Å². The summed E-state index contributed by atoms with van der Waals surface area (Å²) in [5, 5.41) is 1.12. The molecule has 2 N–H and O–H groups in total. The van der Waals surface area contributed by atoms with Crippen LogP contribution in [0.4, 0.5) is 0 Å². The molecule has 0 radical (unpaired) electrons. The van der Waals surface area contributed by atoms with E-state index in [-0.39, 0.29) is 12.1 Å². The van der Waals surface area contributed by atoms with E-state index in [0.29, 0.717) is 0 Å². The van der Waals surface area contributed by atoms with Crippen LogP contribution in [0.5, 0.6) is 0 Å². The van der Waals surface area contributed by atoms with Crippen molar-refractivity contribution in [2.75, 3.05) is 6.61 Å². The van der Waals surface area contributed by atoms with Crippen LogP contribution in [-0.4, -0.2) is 23.7 Å². The van der Waals surface area contributed by atoms with Crippen LogP contribution in [0.1, 0.15) is 24.3 Å². The van der Waals surface area contributed by atoms with Crippen molar-refractivity contribution in [3.05, 3.63) is 29.3 Å². The molecule has 2 atom stereocenters. The van der Waals surface area contributed by atoms with E-state index < -0.39 is 0 Å². The van der Waals surface area contributed by atoms with Gasteiger partial charge in [0.1, 0.15) is 0 Å². The molecule has 1 aromatic carbocycles. The Morgan fingerprint density at radius 1 is 1.39 bits per heavy atom. The van der Waals surface area contributed by atoms with Gasteiger partial charge in [-0.05, 0) is 31.4 Å². The summed E-state index contributed by atoms with van der Waals surface area (Å²) in [6.45, 7) is 0.859. The third kappa shape index (κ3) is 2.55. The third-order valence-corrected chi connectivity index (χ3v) is 4.50. The Morgan fingerprint density at radius 2 is 2.28 bits per heavy atom. The van der Waals surface area contributed by atoms with Gasteiger partial charge >= 0.3 is 0 Å². The predicted molar refractivity (Wildman–Crippen MR) is 74.9 cm³/mol. The van der Waals surface area contributed by atoms with E-state index in [1.54, 1.807) is 11.3 Å². The van der Waals surface area contributed by atoms with Gasteiger partial charge in [-0.1, -0.05) is 12.1 Å². The summed E-state index contributed by atoms with van der Waals surface area (Å²) in [6, 6.07) is 8.31. The van der Waals surface area contributed by atoms with Crippen molar-refractivity contribution in [1.82, 2.24) is 4.98 Å². The normalized spacial score (nSPS) is 22.2. The molecular formula is C14H18N2OS. The summed E-state index contributed by atoms with van der Waals surface area (Å²) in [5.74, 6) is 0. The average molecular weight is 262 g/mol. The second-order valence-electron chi connectivity index (χ2n) is 4.85. The van der Waals surface area contributed by atoms with E-state index >= 15 is 0 Å². The number of aromatic nitrogens is 1. The van der Waals surface area contributed by atoms with Crippen LogP contribution in [0.15, 0.2) is 24.3 Å². The Balaban J connectivity index is 1.71. The highest BCUT2D eigenvalue weighted by molar-refractivity contribution is 7.18. The Kier molecular flexibility index (Phi) is 3.59. The van der Waals surface area contributed by atoms with Crippen LogP contribution in [0.3, 0.4) is 0 Å². The lowest BCUT2D eigenvalue weighted by atomic mass is 10.0. The van der Waals surface area contributed by atoms with Gasteiger partial charge in [-0.25, -0.2) is 4.98 Å². The molecule has 0 aliphatic carbocycles. The first-order chi connectivity index (χ1) is 8.83. The van der Waals surface area contributed by atoms with Crippen LogP contribution in [0.25, 0.3) is 10.2 Å². The molecule has 2 heterocycles. The van der Waals surface area contributed by atoms with Gasteiger partial charge in [-0.3, -0.25) is 0 Å². The number of hydrogen-bond donors (Lipinski definition) is 1. The molecule has 1 aliphatic rings. The zero-order valence-electron chi connectivity index (χ0n) is 10.3. The van der Waals surface area contributed by atoms with Crippen molar-refractivity contribution in [1.29, 1.82) is 0 Å². The smallest absolute Gasteiger partial charge is 0.0955 e. The van der Waals surface area contributed by atoms with Gasteiger partial charge in [-0.2, -0.15) is 0 Å². The molecule has 1 aliphatic heterocycles. The fourth-order valence-electron chi connectivity index (χ4n) is 2.44. The first kappa shape index (κ1) is 12.1. The lowest BCUT2D eigenvalue weighted by molar-refractivity contribution is 0.000635. The standard InChI is InChI=1S/C14H18N2OS/c15-10(12-6-3-4-8-17-12)9-14-16-11-5-1-2-7-13(11)18-14/h1-2,5,7,10,12H,3-4,6,8-9,15H2. The minimum absolute atomic E-state index is 0.0749. The number of rotatable bonds is 3. The number of fused-ring (bicyclic) bond motifs is 1. The highest BCUT2D eigenvalue weighted by Crippen LogP contribution is 2.24. The molecule has 0 saturated carbocycles. The van der Waals surface area contributed by atoms with Crippen LogP contribution >= 0.6 is 11.3 Å². The minimum Gasteiger partial charge on any atom is -0.377 e. The maximum absolute atomic E-state index is 6.24. The molecule has 0 bridgehead atoms. The first-order valence-electron chi connectivity index (χ1n) is 6.54. The van der Waals surface area contributed by atoms with E-state index in [1.165, 1.54) is 17.5 Å². The largest absolute Gasteiger partial charge is 0.377 e. The van der Waals surface area contributed by atoms with Crippen molar-refractivity contribution in [2.24, 2.45) is 5.73 Å². The van der Waals surface area contributed by atoms with Crippen LogP contribution in [0, 0.1) is 0 Å². The van der Waals surface area contributed by atoms with Gasteiger partial charge < -0.3 is 10.5 Å². The van der Waals surface area contributed by atoms with Gasteiger partial charge in [0, 0.05) is 19.1 Å². The molecule has 4 heteroatoms. The number of hydrogen-bond acceptors (Lipinski definition) is 4. The minimum atomic E-state index is 0.0749. The molecule has 3 nitrogen and oxygen atoms in total. The van der Waals surface area contributed by atoms with Gasteiger partial charge in [0.2, 0.25) is 0 Å². The Labute approximate surface area is 111 Å². The molecular weight excluding hydrogens is 244 g/mol. The van der Waals surface area contributed by atoms with E-state index in [1.807, 2.05) is 6.07 Å². The molecule has 1 fully saturated rings. The Morgan fingerprint density at radius 3 is 3.06 bits per heavy atom. The molecule has 0 amide bonds. The fourth-order valence-corrected chi connectivity index (χ4v) is 3.48. The summed E-state index contributed by atoms with van der Waals surface area (Å²) in [5.41, 5.74) is 7.32. The van der Waals surface area contributed by atoms with Crippen molar-refractivity contribution in [2.45, 2.75) is 37.8 Å². The summed E-state index contributed by atoms with van der Waals surface area (Å²) in [6.07, 6.45) is 4.53. The van der Waals surface area contributed by atoms with E-state index in [4.69, 9.17) is 10.5 Å².